The SMILES string of the molecule is CCCCCN1C(=O)C2(CC2)NC1CC(C)C. The van der Waals surface area contributed by atoms with Crippen LogP contribution < -0.4 is 5.32 Å². The van der Waals surface area contributed by atoms with E-state index in [2.05, 4.69) is 31.0 Å². The Hall–Kier alpha value is -0.570. The highest BCUT2D eigenvalue weighted by atomic mass is 16.2. The van der Waals surface area contributed by atoms with Gasteiger partial charge >= 0.3 is 0 Å². The molecule has 1 aliphatic carbocycles. The van der Waals surface area contributed by atoms with Crippen LogP contribution in [0.5, 0.6) is 0 Å². The number of nitrogens with one attached hydrogen (secondary N) is 1. The summed E-state index contributed by atoms with van der Waals surface area (Å²) in [6.45, 7) is 7.61. The van der Waals surface area contributed by atoms with Gasteiger partial charge < -0.3 is 4.90 Å². The minimum atomic E-state index is -0.133. The van der Waals surface area contributed by atoms with E-state index >= 15 is 0 Å². The number of hydrogen-bond acceptors (Lipinski definition) is 2. The lowest BCUT2D eigenvalue weighted by Gasteiger charge is -2.25. The predicted molar refractivity (Wildman–Crippen MR) is 69.6 cm³/mol. The van der Waals surface area contributed by atoms with Crippen LogP contribution in [0.4, 0.5) is 0 Å². The summed E-state index contributed by atoms with van der Waals surface area (Å²) in [5, 5.41) is 3.58. The van der Waals surface area contributed by atoms with Gasteiger partial charge in [-0.1, -0.05) is 33.6 Å². The number of hydrogen-bond donors (Lipinski definition) is 1. The zero-order valence-electron chi connectivity index (χ0n) is 11.5. The van der Waals surface area contributed by atoms with Crippen LogP contribution in [0.3, 0.4) is 0 Å². The Morgan fingerprint density at radius 1 is 1.41 bits per heavy atom. The number of unbranched alkanes of at least 4 members (excludes halogenated alkanes) is 2. The molecule has 1 saturated carbocycles. The van der Waals surface area contributed by atoms with E-state index in [1.165, 1.54) is 12.8 Å². The molecule has 0 aromatic carbocycles. The molecule has 0 aromatic rings. The van der Waals surface area contributed by atoms with E-state index < -0.39 is 0 Å². The second-order valence-electron chi connectivity index (χ2n) is 6.08. The average Bonchev–Trinajstić information content (AvgIpc) is 2.98. The van der Waals surface area contributed by atoms with Crippen LogP contribution in [-0.2, 0) is 4.79 Å². The molecule has 1 unspecified atom stereocenters. The van der Waals surface area contributed by atoms with Crippen LogP contribution in [0, 0.1) is 5.92 Å². The van der Waals surface area contributed by atoms with Crippen LogP contribution >= 0.6 is 0 Å². The maximum absolute atomic E-state index is 12.3. The third-order valence-corrected chi connectivity index (χ3v) is 3.94. The van der Waals surface area contributed by atoms with E-state index in [0.29, 0.717) is 18.0 Å². The first-order valence-corrected chi connectivity index (χ1v) is 7.18. The van der Waals surface area contributed by atoms with Crippen molar-refractivity contribution in [2.45, 2.75) is 71.0 Å². The highest BCUT2D eigenvalue weighted by molar-refractivity contribution is 5.91. The van der Waals surface area contributed by atoms with Crippen LogP contribution in [0.1, 0.15) is 59.3 Å². The number of amides is 1. The number of nitrogens with zero attached hydrogens (tertiary/aromatic N) is 1. The lowest BCUT2D eigenvalue weighted by atomic mass is 10.1. The molecule has 98 valence electrons. The highest BCUT2D eigenvalue weighted by Crippen LogP contribution is 2.43. The zero-order valence-corrected chi connectivity index (χ0v) is 11.5. The largest absolute Gasteiger partial charge is 0.326 e. The van der Waals surface area contributed by atoms with Crippen molar-refractivity contribution in [2.75, 3.05) is 6.54 Å². The first-order valence-electron chi connectivity index (χ1n) is 7.18. The second kappa shape index (κ2) is 4.97. The van der Waals surface area contributed by atoms with Gasteiger partial charge in [0, 0.05) is 6.54 Å². The van der Waals surface area contributed by atoms with E-state index in [4.69, 9.17) is 0 Å². The molecular formula is C14H26N2O. The average molecular weight is 238 g/mol. The van der Waals surface area contributed by atoms with E-state index in [9.17, 15) is 4.79 Å². The van der Waals surface area contributed by atoms with Gasteiger partial charge in [0.05, 0.1) is 11.7 Å². The Bertz CT molecular complexity index is 284. The fraction of sp³-hybridized carbons (Fsp3) is 0.929. The van der Waals surface area contributed by atoms with Crippen molar-refractivity contribution < 1.29 is 4.79 Å². The van der Waals surface area contributed by atoms with E-state index in [1.807, 2.05) is 0 Å². The molecule has 2 rings (SSSR count). The van der Waals surface area contributed by atoms with Crippen molar-refractivity contribution in [3.8, 4) is 0 Å². The second-order valence-corrected chi connectivity index (χ2v) is 6.08. The molecule has 0 bridgehead atoms. The van der Waals surface area contributed by atoms with Gasteiger partial charge in [0.2, 0.25) is 5.91 Å². The van der Waals surface area contributed by atoms with Gasteiger partial charge in [-0.2, -0.15) is 0 Å². The number of rotatable bonds is 6. The third kappa shape index (κ3) is 2.65. The van der Waals surface area contributed by atoms with E-state index in [-0.39, 0.29) is 5.54 Å². The van der Waals surface area contributed by atoms with Crippen molar-refractivity contribution in [2.24, 2.45) is 5.92 Å². The smallest absolute Gasteiger partial charge is 0.244 e. The van der Waals surface area contributed by atoms with Crippen molar-refractivity contribution >= 4 is 5.91 Å². The molecule has 1 amide bonds. The fourth-order valence-electron chi connectivity index (χ4n) is 2.78. The monoisotopic (exact) mass is 238 g/mol. The third-order valence-electron chi connectivity index (χ3n) is 3.94. The fourth-order valence-corrected chi connectivity index (χ4v) is 2.78. The first kappa shape index (κ1) is 12.9. The standard InChI is InChI=1S/C14H26N2O/c1-4-5-6-9-16-12(10-11(2)3)15-14(7-8-14)13(16)17/h11-12,15H,4-10H2,1-3H3. The topological polar surface area (TPSA) is 32.3 Å². The van der Waals surface area contributed by atoms with Crippen LogP contribution in [0.15, 0.2) is 0 Å². The van der Waals surface area contributed by atoms with Crippen LogP contribution in [0.2, 0.25) is 0 Å². The lowest BCUT2D eigenvalue weighted by molar-refractivity contribution is -0.131. The van der Waals surface area contributed by atoms with E-state index in [0.717, 1.165) is 32.2 Å². The molecule has 2 fully saturated rings. The van der Waals surface area contributed by atoms with Gasteiger partial charge in [0.1, 0.15) is 0 Å². The molecule has 1 N–H and O–H groups in total. The molecule has 1 spiro atoms. The Labute approximate surface area is 105 Å². The quantitative estimate of drug-likeness (QED) is 0.721. The molecule has 0 aromatic heterocycles. The summed E-state index contributed by atoms with van der Waals surface area (Å²) in [5.41, 5.74) is -0.133. The Morgan fingerprint density at radius 3 is 2.65 bits per heavy atom. The summed E-state index contributed by atoms with van der Waals surface area (Å²) in [6.07, 6.45) is 7.06. The molecule has 17 heavy (non-hydrogen) atoms. The maximum Gasteiger partial charge on any atom is 0.244 e. The molecule has 2 aliphatic rings. The highest BCUT2D eigenvalue weighted by Gasteiger charge is 2.58. The zero-order chi connectivity index (χ0) is 12.5. The molecule has 1 atom stereocenters. The van der Waals surface area contributed by atoms with Gasteiger partial charge in [0.25, 0.3) is 0 Å². The Kier molecular flexibility index (Phi) is 3.76. The minimum absolute atomic E-state index is 0.133. The maximum atomic E-state index is 12.3. The van der Waals surface area contributed by atoms with E-state index in [1.54, 1.807) is 0 Å². The molecular weight excluding hydrogens is 212 g/mol. The van der Waals surface area contributed by atoms with Gasteiger partial charge in [-0.05, 0) is 31.6 Å². The predicted octanol–water partition coefficient (Wildman–Crippen LogP) is 2.51. The molecule has 0 radical (unpaired) electrons. The van der Waals surface area contributed by atoms with Crippen molar-refractivity contribution in [3.63, 3.8) is 0 Å². The van der Waals surface area contributed by atoms with Crippen molar-refractivity contribution in [3.05, 3.63) is 0 Å². The van der Waals surface area contributed by atoms with Gasteiger partial charge in [0.15, 0.2) is 0 Å². The first-order chi connectivity index (χ1) is 8.09. The summed E-state index contributed by atoms with van der Waals surface area (Å²) in [6, 6.07) is 0. The lowest BCUT2D eigenvalue weighted by Crippen LogP contribution is -2.39. The molecule has 3 nitrogen and oxygen atoms in total. The number of carbonyl (C=O) groups excluding carboxylic acids is 1. The molecule has 1 saturated heterocycles. The van der Waals surface area contributed by atoms with Crippen molar-refractivity contribution in [1.82, 2.24) is 10.2 Å². The normalized spacial score (nSPS) is 26.2. The van der Waals surface area contributed by atoms with Crippen LogP contribution in [-0.4, -0.2) is 29.1 Å². The van der Waals surface area contributed by atoms with Crippen LogP contribution in [0.25, 0.3) is 0 Å². The van der Waals surface area contributed by atoms with Gasteiger partial charge in [-0.3, -0.25) is 10.1 Å². The Balaban J connectivity index is 1.95. The minimum Gasteiger partial charge on any atom is -0.326 e. The summed E-state index contributed by atoms with van der Waals surface area (Å²) < 4.78 is 0. The Morgan fingerprint density at radius 2 is 2.12 bits per heavy atom. The summed E-state index contributed by atoms with van der Waals surface area (Å²) >= 11 is 0. The molecule has 1 heterocycles. The summed E-state index contributed by atoms with van der Waals surface area (Å²) in [7, 11) is 0. The number of carbonyl (C=O) groups is 1. The van der Waals surface area contributed by atoms with Crippen molar-refractivity contribution in [1.29, 1.82) is 0 Å². The van der Waals surface area contributed by atoms with Gasteiger partial charge in [-0.25, -0.2) is 0 Å². The molecule has 1 aliphatic heterocycles. The molecule has 3 heteroatoms. The van der Waals surface area contributed by atoms with Gasteiger partial charge in [-0.15, -0.1) is 0 Å². The summed E-state index contributed by atoms with van der Waals surface area (Å²) in [4.78, 5) is 14.5. The summed E-state index contributed by atoms with van der Waals surface area (Å²) in [5.74, 6) is 1.02.